The lowest BCUT2D eigenvalue weighted by Gasteiger charge is -2.11. The zero-order valence-corrected chi connectivity index (χ0v) is 18.8. The molecule has 0 aromatic carbocycles. The van der Waals surface area contributed by atoms with Crippen molar-refractivity contribution < 1.29 is 9.21 Å². The van der Waals surface area contributed by atoms with E-state index in [1.807, 2.05) is 44.5 Å². The number of pyridine rings is 1. The Labute approximate surface area is 183 Å². The van der Waals surface area contributed by atoms with Gasteiger partial charge in [0.2, 0.25) is 0 Å². The van der Waals surface area contributed by atoms with Crippen LogP contribution in [0.5, 0.6) is 0 Å². The van der Waals surface area contributed by atoms with Gasteiger partial charge in [0.1, 0.15) is 11.5 Å². The second-order valence-corrected chi connectivity index (χ2v) is 7.05. The third-order valence-electron chi connectivity index (χ3n) is 4.53. The third-order valence-corrected chi connectivity index (χ3v) is 4.53. The number of carbonyl (C=O) groups excluding carboxylic acids is 1. The topological polar surface area (TPSA) is 99.0 Å². The van der Waals surface area contributed by atoms with E-state index in [4.69, 9.17) is 15.1 Å². The van der Waals surface area contributed by atoms with Crippen LogP contribution >= 0.6 is 24.8 Å². The van der Waals surface area contributed by atoms with Crippen LogP contribution in [-0.4, -0.2) is 33.8 Å². The molecule has 0 bridgehead atoms. The van der Waals surface area contributed by atoms with Gasteiger partial charge in [-0.3, -0.25) is 4.79 Å². The number of nitrogens with one attached hydrogen (secondary N) is 1. The van der Waals surface area contributed by atoms with Crippen LogP contribution in [0, 0.1) is 13.8 Å². The van der Waals surface area contributed by atoms with Crippen LogP contribution in [-0.2, 0) is 0 Å². The van der Waals surface area contributed by atoms with Crippen molar-refractivity contribution in [1.82, 2.24) is 20.1 Å². The summed E-state index contributed by atoms with van der Waals surface area (Å²) in [4.78, 5) is 17.6. The van der Waals surface area contributed by atoms with Crippen LogP contribution in [0.2, 0.25) is 0 Å². The molecule has 29 heavy (non-hydrogen) atoms. The number of hydrogen-bond donors (Lipinski definition) is 2. The Kier molecular flexibility index (Phi) is 9.14. The van der Waals surface area contributed by atoms with Crippen molar-refractivity contribution in [2.24, 2.45) is 5.73 Å². The summed E-state index contributed by atoms with van der Waals surface area (Å²) in [6.07, 6.45) is 3.46. The first kappa shape index (κ1) is 24.9. The highest BCUT2D eigenvalue weighted by atomic mass is 35.5. The minimum atomic E-state index is -0.123. The molecule has 0 radical (unpaired) electrons. The summed E-state index contributed by atoms with van der Waals surface area (Å²) in [6, 6.07) is 3.91. The average molecular weight is 442 g/mol. The van der Waals surface area contributed by atoms with Gasteiger partial charge in [-0.15, -0.1) is 24.8 Å². The molecule has 160 valence electrons. The average Bonchev–Trinajstić information content (AvgIpc) is 3.20. The molecule has 0 atom stereocenters. The van der Waals surface area contributed by atoms with E-state index in [1.54, 1.807) is 6.20 Å². The highest BCUT2D eigenvalue weighted by Gasteiger charge is 2.20. The molecule has 3 aromatic heterocycles. The second-order valence-electron chi connectivity index (χ2n) is 7.05. The van der Waals surface area contributed by atoms with E-state index < -0.39 is 0 Å². The van der Waals surface area contributed by atoms with Gasteiger partial charge >= 0.3 is 0 Å². The van der Waals surface area contributed by atoms with Crippen LogP contribution in [0.15, 0.2) is 22.7 Å². The SMILES string of the molecule is Cc1cc(-c2cc(C(=O)NCCCCN)c3cnn(C(C)C)c3n2)c(C)o1.Cl.Cl. The summed E-state index contributed by atoms with van der Waals surface area (Å²) in [5.41, 5.74) is 8.41. The Morgan fingerprint density at radius 2 is 1.97 bits per heavy atom. The van der Waals surface area contributed by atoms with Gasteiger partial charge in [-0.2, -0.15) is 5.10 Å². The Bertz CT molecular complexity index is 965. The maximum atomic E-state index is 12.8. The highest BCUT2D eigenvalue weighted by Crippen LogP contribution is 2.30. The molecular weight excluding hydrogens is 413 g/mol. The van der Waals surface area contributed by atoms with Crippen molar-refractivity contribution in [1.29, 1.82) is 0 Å². The van der Waals surface area contributed by atoms with Gasteiger partial charge in [-0.25, -0.2) is 9.67 Å². The van der Waals surface area contributed by atoms with Crippen LogP contribution in [0.4, 0.5) is 0 Å². The van der Waals surface area contributed by atoms with E-state index in [0.717, 1.165) is 35.3 Å². The standard InChI is InChI=1S/C20H27N5O2.2ClH/c1-12(2)25-19-17(11-23-25)16(20(26)22-8-6-5-7-21)10-18(24-19)15-9-13(3)27-14(15)4;;/h9-12H,5-8,21H2,1-4H3,(H,22,26);2*1H. The van der Waals surface area contributed by atoms with Crippen LogP contribution in [0.1, 0.15) is 54.6 Å². The number of unbranched alkanes of at least 4 members (excludes halogenated alkanes) is 1. The van der Waals surface area contributed by atoms with Crippen LogP contribution in [0.3, 0.4) is 0 Å². The minimum Gasteiger partial charge on any atom is -0.466 e. The Morgan fingerprint density at radius 1 is 1.24 bits per heavy atom. The smallest absolute Gasteiger partial charge is 0.252 e. The molecule has 3 N–H and O–H groups in total. The number of carbonyl (C=O) groups is 1. The number of nitrogens with zero attached hydrogens (tertiary/aromatic N) is 3. The Balaban J connectivity index is 0.00000210. The maximum Gasteiger partial charge on any atom is 0.252 e. The highest BCUT2D eigenvalue weighted by molar-refractivity contribution is 6.06. The molecule has 0 aliphatic rings. The van der Waals surface area contributed by atoms with Crippen molar-refractivity contribution in [3.63, 3.8) is 0 Å². The molecule has 7 nitrogen and oxygen atoms in total. The summed E-state index contributed by atoms with van der Waals surface area (Å²) >= 11 is 0. The van der Waals surface area contributed by atoms with E-state index in [1.165, 1.54) is 0 Å². The number of aryl methyl sites for hydroxylation is 2. The Morgan fingerprint density at radius 3 is 2.55 bits per heavy atom. The van der Waals surface area contributed by atoms with E-state index in [-0.39, 0.29) is 36.8 Å². The van der Waals surface area contributed by atoms with Crippen molar-refractivity contribution in [2.75, 3.05) is 13.1 Å². The number of aromatic nitrogens is 3. The molecule has 0 saturated carbocycles. The first-order valence-electron chi connectivity index (χ1n) is 9.36. The van der Waals surface area contributed by atoms with Crippen LogP contribution in [0.25, 0.3) is 22.3 Å². The zero-order valence-electron chi connectivity index (χ0n) is 17.2. The first-order valence-corrected chi connectivity index (χ1v) is 9.36. The molecule has 3 heterocycles. The number of rotatable bonds is 7. The monoisotopic (exact) mass is 441 g/mol. The lowest BCUT2D eigenvalue weighted by molar-refractivity contribution is 0.0954. The molecule has 0 aliphatic heterocycles. The van der Waals surface area contributed by atoms with Gasteiger partial charge in [0.15, 0.2) is 5.65 Å². The number of amides is 1. The molecule has 3 aromatic rings. The van der Waals surface area contributed by atoms with Crippen molar-refractivity contribution in [2.45, 2.75) is 46.6 Å². The molecule has 0 saturated heterocycles. The molecule has 3 rings (SSSR count). The lowest BCUT2D eigenvalue weighted by Crippen LogP contribution is -2.25. The first-order chi connectivity index (χ1) is 12.9. The summed E-state index contributed by atoms with van der Waals surface area (Å²) < 4.78 is 7.50. The van der Waals surface area contributed by atoms with Crippen LogP contribution < -0.4 is 11.1 Å². The molecular formula is C20H29Cl2N5O2. The predicted octanol–water partition coefficient (Wildman–Crippen LogP) is 4.20. The van der Waals surface area contributed by atoms with Gasteiger partial charge in [0.05, 0.1) is 22.8 Å². The molecule has 1 amide bonds. The normalized spacial score (nSPS) is 10.7. The van der Waals surface area contributed by atoms with Gasteiger partial charge in [0, 0.05) is 18.2 Å². The lowest BCUT2D eigenvalue weighted by atomic mass is 10.1. The number of hydrogen-bond acceptors (Lipinski definition) is 5. The quantitative estimate of drug-likeness (QED) is 0.535. The summed E-state index contributed by atoms with van der Waals surface area (Å²) in [6.45, 7) is 9.11. The van der Waals surface area contributed by atoms with Crippen molar-refractivity contribution >= 4 is 41.8 Å². The summed E-state index contributed by atoms with van der Waals surface area (Å²) in [5, 5.41) is 8.18. The zero-order chi connectivity index (χ0) is 19.6. The summed E-state index contributed by atoms with van der Waals surface area (Å²) in [7, 11) is 0. The molecule has 0 fully saturated rings. The number of furan rings is 1. The van der Waals surface area contributed by atoms with E-state index >= 15 is 0 Å². The number of fused-ring (bicyclic) bond motifs is 1. The minimum absolute atomic E-state index is 0. The fraction of sp³-hybridized carbons (Fsp3) is 0.450. The van der Waals surface area contributed by atoms with Crippen molar-refractivity contribution in [3.05, 3.63) is 35.4 Å². The number of nitrogens with two attached hydrogens (primary N) is 1. The van der Waals surface area contributed by atoms with E-state index in [0.29, 0.717) is 30.0 Å². The molecule has 0 aliphatic carbocycles. The van der Waals surface area contributed by atoms with Gasteiger partial charge < -0.3 is 15.5 Å². The fourth-order valence-corrected chi connectivity index (χ4v) is 3.17. The molecule has 9 heteroatoms. The maximum absolute atomic E-state index is 12.8. The molecule has 0 spiro atoms. The predicted molar refractivity (Wildman–Crippen MR) is 120 cm³/mol. The van der Waals surface area contributed by atoms with E-state index in [2.05, 4.69) is 10.4 Å². The Hall–Kier alpha value is -2.09. The largest absolute Gasteiger partial charge is 0.466 e. The summed E-state index contributed by atoms with van der Waals surface area (Å²) in [5.74, 6) is 1.47. The van der Waals surface area contributed by atoms with Gasteiger partial charge in [0.25, 0.3) is 5.91 Å². The van der Waals surface area contributed by atoms with E-state index in [9.17, 15) is 4.79 Å². The molecule has 0 unspecified atom stereocenters. The number of halogens is 2. The third kappa shape index (κ3) is 5.29. The fourth-order valence-electron chi connectivity index (χ4n) is 3.17. The van der Waals surface area contributed by atoms with Gasteiger partial charge in [-0.1, -0.05) is 0 Å². The van der Waals surface area contributed by atoms with Gasteiger partial charge in [-0.05, 0) is 59.2 Å². The second kappa shape index (κ2) is 10.6. The van der Waals surface area contributed by atoms with Crippen molar-refractivity contribution in [3.8, 4) is 11.3 Å².